The van der Waals surface area contributed by atoms with Crippen LogP contribution in [0, 0.1) is 10.5 Å². The zero-order valence-electron chi connectivity index (χ0n) is 19.9. The van der Waals surface area contributed by atoms with E-state index in [4.69, 9.17) is 21.7 Å². The topological polar surface area (TPSA) is 97.0 Å². The number of carbonyl (C=O) groups excluding carboxylic acids is 3. The lowest BCUT2D eigenvalue weighted by Gasteiger charge is -2.28. The van der Waals surface area contributed by atoms with Gasteiger partial charge in [-0.15, -0.1) is 0 Å². The second-order valence-electron chi connectivity index (χ2n) is 7.98. The van der Waals surface area contributed by atoms with E-state index in [0.29, 0.717) is 32.0 Å². The van der Waals surface area contributed by atoms with Crippen molar-refractivity contribution in [3.05, 3.63) is 87.0 Å². The predicted octanol–water partition coefficient (Wildman–Crippen LogP) is 4.46. The van der Waals surface area contributed by atoms with Gasteiger partial charge in [0.15, 0.2) is 23.2 Å². The largest absolute Gasteiger partial charge is 0.493 e. The molecule has 4 rings (SSSR count). The second-order valence-corrected chi connectivity index (χ2v) is 9.53. The molecule has 0 unspecified atom stereocenters. The molecule has 0 bridgehead atoms. The van der Waals surface area contributed by atoms with Crippen LogP contribution in [-0.2, 0) is 14.4 Å². The number of nitrogens with one attached hydrogen (secondary N) is 2. The van der Waals surface area contributed by atoms with Gasteiger partial charge in [0.05, 0.1) is 16.4 Å². The fourth-order valence-corrected chi connectivity index (χ4v) is 4.70. The molecule has 10 heteroatoms. The Kier molecular flexibility index (Phi) is 8.19. The van der Waals surface area contributed by atoms with Gasteiger partial charge in [-0.05, 0) is 89.3 Å². The molecule has 3 amide bonds. The SMILES string of the molecule is COc1cc(/C=C2/C(=O)NC(=S)N(c3ccccc3)C2=O)cc(I)c1OCC(=O)Nc1ccccc1C. The first-order chi connectivity index (χ1) is 17.8. The summed E-state index contributed by atoms with van der Waals surface area (Å²) in [6.07, 6.45) is 1.47. The van der Waals surface area contributed by atoms with E-state index in [9.17, 15) is 14.4 Å². The molecule has 1 heterocycles. The molecule has 37 heavy (non-hydrogen) atoms. The van der Waals surface area contributed by atoms with Crippen molar-refractivity contribution in [2.75, 3.05) is 23.9 Å². The average Bonchev–Trinajstić information content (AvgIpc) is 2.87. The van der Waals surface area contributed by atoms with Crippen molar-refractivity contribution in [3.8, 4) is 11.5 Å². The molecule has 1 saturated heterocycles. The Morgan fingerprint density at radius 1 is 1.11 bits per heavy atom. The molecule has 188 valence electrons. The van der Waals surface area contributed by atoms with Crippen LogP contribution in [0.4, 0.5) is 11.4 Å². The zero-order chi connectivity index (χ0) is 26.5. The third kappa shape index (κ3) is 5.97. The maximum Gasteiger partial charge on any atom is 0.270 e. The number of thiocarbonyl (C=S) groups is 1. The third-order valence-electron chi connectivity index (χ3n) is 5.45. The van der Waals surface area contributed by atoms with Gasteiger partial charge in [-0.3, -0.25) is 24.6 Å². The fraction of sp³-hybridized carbons (Fsp3) is 0.111. The standard InChI is InChI=1S/C27H22IN3O5S/c1-16-8-6-7-11-21(16)29-23(32)15-36-24-20(28)13-17(14-22(24)35-2)12-19-25(33)30-27(37)31(26(19)34)18-9-4-3-5-10-18/h3-14H,15H2,1-2H3,(H,29,32)(H,30,33,37)/b19-12-. The first kappa shape index (κ1) is 26.3. The Morgan fingerprint density at radius 2 is 1.81 bits per heavy atom. The van der Waals surface area contributed by atoms with Crippen molar-refractivity contribution in [2.45, 2.75) is 6.92 Å². The highest BCUT2D eigenvalue weighted by molar-refractivity contribution is 14.1. The smallest absolute Gasteiger partial charge is 0.270 e. The van der Waals surface area contributed by atoms with E-state index in [1.165, 1.54) is 18.1 Å². The Bertz CT molecular complexity index is 1420. The van der Waals surface area contributed by atoms with Crippen molar-refractivity contribution in [2.24, 2.45) is 0 Å². The van der Waals surface area contributed by atoms with Crippen LogP contribution in [0.15, 0.2) is 72.3 Å². The van der Waals surface area contributed by atoms with Gasteiger partial charge in [0, 0.05) is 5.69 Å². The summed E-state index contributed by atoms with van der Waals surface area (Å²) in [4.78, 5) is 39.6. The predicted molar refractivity (Wildman–Crippen MR) is 154 cm³/mol. The maximum atomic E-state index is 13.2. The van der Waals surface area contributed by atoms with E-state index in [2.05, 4.69) is 10.6 Å². The lowest BCUT2D eigenvalue weighted by Crippen LogP contribution is -2.54. The van der Waals surface area contributed by atoms with E-state index in [-0.39, 0.29) is 23.2 Å². The van der Waals surface area contributed by atoms with Gasteiger partial charge in [0.1, 0.15) is 5.57 Å². The lowest BCUT2D eigenvalue weighted by atomic mass is 10.1. The van der Waals surface area contributed by atoms with Gasteiger partial charge in [0.25, 0.3) is 17.7 Å². The Morgan fingerprint density at radius 3 is 2.51 bits per heavy atom. The van der Waals surface area contributed by atoms with Crippen LogP contribution in [0.5, 0.6) is 11.5 Å². The van der Waals surface area contributed by atoms with Crippen LogP contribution in [0.2, 0.25) is 0 Å². The highest BCUT2D eigenvalue weighted by Gasteiger charge is 2.34. The summed E-state index contributed by atoms with van der Waals surface area (Å²) in [5.74, 6) is -0.732. The zero-order valence-corrected chi connectivity index (χ0v) is 22.9. The van der Waals surface area contributed by atoms with Crippen molar-refractivity contribution in [1.29, 1.82) is 0 Å². The summed E-state index contributed by atoms with van der Waals surface area (Å²) in [6, 6.07) is 19.6. The number of methoxy groups -OCH3 is 1. The molecule has 3 aromatic rings. The number of amides is 3. The number of ether oxygens (including phenoxy) is 2. The molecule has 1 aliphatic heterocycles. The number of para-hydroxylation sites is 2. The summed E-state index contributed by atoms with van der Waals surface area (Å²) in [5.41, 5.74) is 2.65. The summed E-state index contributed by atoms with van der Waals surface area (Å²) in [6.45, 7) is 1.67. The van der Waals surface area contributed by atoms with E-state index >= 15 is 0 Å². The number of halogens is 1. The van der Waals surface area contributed by atoms with Crippen molar-refractivity contribution in [1.82, 2.24) is 5.32 Å². The number of hydrogen-bond donors (Lipinski definition) is 2. The Balaban J connectivity index is 1.56. The highest BCUT2D eigenvalue weighted by Crippen LogP contribution is 2.35. The molecule has 1 aliphatic rings. The average molecular weight is 627 g/mol. The Hall–Kier alpha value is -3.77. The Labute approximate surface area is 232 Å². The van der Waals surface area contributed by atoms with E-state index in [1.807, 2.05) is 59.8 Å². The van der Waals surface area contributed by atoms with Crippen LogP contribution in [0.3, 0.4) is 0 Å². The molecular weight excluding hydrogens is 605 g/mol. The normalized spacial score (nSPS) is 14.4. The van der Waals surface area contributed by atoms with Crippen LogP contribution >= 0.6 is 34.8 Å². The van der Waals surface area contributed by atoms with Gasteiger partial charge >= 0.3 is 0 Å². The number of anilines is 2. The molecule has 0 aromatic heterocycles. The molecule has 2 N–H and O–H groups in total. The fourth-order valence-electron chi connectivity index (χ4n) is 3.64. The summed E-state index contributed by atoms with van der Waals surface area (Å²) >= 11 is 7.28. The number of nitrogens with zero attached hydrogens (tertiary/aromatic N) is 1. The van der Waals surface area contributed by atoms with Crippen molar-refractivity contribution >= 4 is 75.1 Å². The molecular formula is C27H22IN3O5S. The maximum absolute atomic E-state index is 13.2. The van der Waals surface area contributed by atoms with Gasteiger partial charge in [-0.25, -0.2) is 0 Å². The van der Waals surface area contributed by atoms with E-state index < -0.39 is 11.8 Å². The first-order valence-electron chi connectivity index (χ1n) is 11.1. The third-order valence-corrected chi connectivity index (χ3v) is 6.53. The lowest BCUT2D eigenvalue weighted by molar-refractivity contribution is -0.122. The number of benzene rings is 3. The number of hydrogen-bond acceptors (Lipinski definition) is 6. The van der Waals surface area contributed by atoms with Crippen LogP contribution < -0.4 is 25.0 Å². The second kappa shape index (κ2) is 11.5. The monoisotopic (exact) mass is 627 g/mol. The highest BCUT2D eigenvalue weighted by atomic mass is 127. The van der Waals surface area contributed by atoms with Crippen molar-refractivity contribution in [3.63, 3.8) is 0 Å². The number of carbonyl (C=O) groups is 3. The van der Waals surface area contributed by atoms with Crippen LogP contribution in [0.25, 0.3) is 6.08 Å². The molecule has 0 saturated carbocycles. The van der Waals surface area contributed by atoms with Gasteiger partial charge in [-0.1, -0.05) is 36.4 Å². The van der Waals surface area contributed by atoms with Crippen LogP contribution in [-0.4, -0.2) is 36.6 Å². The minimum absolute atomic E-state index is 0.0123. The number of rotatable bonds is 7. The van der Waals surface area contributed by atoms with Gasteiger partial charge in [0.2, 0.25) is 0 Å². The minimum atomic E-state index is -0.593. The molecule has 0 spiro atoms. The molecule has 0 aliphatic carbocycles. The van der Waals surface area contributed by atoms with E-state index in [0.717, 1.165) is 5.56 Å². The summed E-state index contributed by atoms with van der Waals surface area (Å²) in [7, 11) is 1.47. The van der Waals surface area contributed by atoms with Crippen molar-refractivity contribution < 1.29 is 23.9 Å². The van der Waals surface area contributed by atoms with E-state index in [1.54, 1.807) is 36.4 Å². The molecule has 1 fully saturated rings. The molecule has 3 aromatic carbocycles. The summed E-state index contributed by atoms with van der Waals surface area (Å²) < 4.78 is 11.9. The first-order valence-corrected chi connectivity index (χ1v) is 12.6. The molecule has 0 atom stereocenters. The quantitative estimate of drug-likeness (QED) is 0.174. The number of aryl methyl sites for hydroxylation is 1. The minimum Gasteiger partial charge on any atom is -0.493 e. The van der Waals surface area contributed by atoms with Crippen LogP contribution in [0.1, 0.15) is 11.1 Å². The summed E-state index contributed by atoms with van der Waals surface area (Å²) in [5, 5.41) is 5.40. The molecule has 8 nitrogen and oxygen atoms in total. The van der Waals surface area contributed by atoms with Gasteiger partial charge in [-0.2, -0.15) is 0 Å². The van der Waals surface area contributed by atoms with Gasteiger partial charge < -0.3 is 14.8 Å². The molecule has 0 radical (unpaired) electrons.